The molecule has 1 amide bonds. The van der Waals surface area contributed by atoms with Gasteiger partial charge in [0.1, 0.15) is 0 Å². The maximum Gasteiger partial charge on any atom is 0.251 e. The molecule has 0 aliphatic rings. The van der Waals surface area contributed by atoms with Crippen molar-refractivity contribution in [2.75, 3.05) is 5.73 Å². The van der Waals surface area contributed by atoms with Crippen LogP contribution in [0.1, 0.15) is 43.1 Å². The third-order valence-electron chi connectivity index (χ3n) is 3.06. The molecule has 1 aromatic carbocycles. The van der Waals surface area contributed by atoms with Crippen molar-refractivity contribution in [2.45, 2.75) is 40.2 Å². The average molecular weight is 234 g/mol. The van der Waals surface area contributed by atoms with Gasteiger partial charge in [-0.2, -0.15) is 0 Å². The van der Waals surface area contributed by atoms with Gasteiger partial charge in [0.15, 0.2) is 0 Å². The monoisotopic (exact) mass is 234 g/mol. The first kappa shape index (κ1) is 13.6. The fourth-order valence-corrected chi connectivity index (χ4v) is 1.93. The molecule has 0 aliphatic heterocycles. The number of nitrogens with one attached hydrogen (secondary N) is 1. The van der Waals surface area contributed by atoms with Crippen LogP contribution in [0.25, 0.3) is 0 Å². The van der Waals surface area contributed by atoms with Gasteiger partial charge in [-0.15, -0.1) is 0 Å². The van der Waals surface area contributed by atoms with Crippen molar-refractivity contribution in [1.29, 1.82) is 0 Å². The molecule has 1 unspecified atom stereocenters. The first-order valence-electron chi connectivity index (χ1n) is 6.12. The van der Waals surface area contributed by atoms with Crippen LogP contribution in [0.15, 0.2) is 18.2 Å². The molecule has 3 heteroatoms. The Morgan fingerprint density at radius 2 is 2.06 bits per heavy atom. The summed E-state index contributed by atoms with van der Waals surface area (Å²) in [5.74, 6) is 0.432. The topological polar surface area (TPSA) is 55.1 Å². The predicted molar refractivity (Wildman–Crippen MR) is 72.0 cm³/mol. The molecule has 0 bridgehead atoms. The molecule has 0 fully saturated rings. The largest absolute Gasteiger partial charge is 0.399 e. The van der Waals surface area contributed by atoms with Crippen LogP contribution in [0.5, 0.6) is 0 Å². The summed E-state index contributed by atoms with van der Waals surface area (Å²) in [6.45, 7) is 8.22. The lowest BCUT2D eigenvalue weighted by atomic mass is 10.0. The van der Waals surface area contributed by atoms with Gasteiger partial charge in [0.05, 0.1) is 0 Å². The van der Waals surface area contributed by atoms with Crippen LogP contribution in [0.2, 0.25) is 0 Å². The molecule has 0 heterocycles. The van der Waals surface area contributed by atoms with E-state index in [1.807, 2.05) is 13.0 Å². The number of amides is 1. The second-order valence-electron chi connectivity index (χ2n) is 4.81. The Labute approximate surface area is 103 Å². The van der Waals surface area contributed by atoms with Crippen molar-refractivity contribution in [3.8, 4) is 0 Å². The third-order valence-corrected chi connectivity index (χ3v) is 3.06. The zero-order chi connectivity index (χ0) is 13.0. The van der Waals surface area contributed by atoms with E-state index < -0.39 is 0 Å². The van der Waals surface area contributed by atoms with Crippen molar-refractivity contribution in [1.82, 2.24) is 5.32 Å². The van der Waals surface area contributed by atoms with Gasteiger partial charge in [0, 0.05) is 17.3 Å². The van der Waals surface area contributed by atoms with Gasteiger partial charge >= 0.3 is 0 Å². The molecule has 17 heavy (non-hydrogen) atoms. The van der Waals surface area contributed by atoms with Crippen molar-refractivity contribution < 1.29 is 4.79 Å². The van der Waals surface area contributed by atoms with E-state index in [0.29, 0.717) is 17.2 Å². The number of anilines is 1. The van der Waals surface area contributed by atoms with E-state index in [4.69, 9.17) is 5.73 Å². The second kappa shape index (κ2) is 5.71. The van der Waals surface area contributed by atoms with E-state index in [0.717, 1.165) is 12.0 Å². The Bertz CT molecular complexity index is 399. The molecule has 3 nitrogen and oxygen atoms in total. The molecule has 0 saturated heterocycles. The zero-order valence-corrected chi connectivity index (χ0v) is 11.1. The van der Waals surface area contributed by atoms with Crippen LogP contribution in [-0.2, 0) is 0 Å². The number of benzene rings is 1. The quantitative estimate of drug-likeness (QED) is 0.787. The van der Waals surface area contributed by atoms with Crippen molar-refractivity contribution in [3.63, 3.8) is 0 Å². The fourth-order valence-electron chi connectivity index (χ4n) is 1.93. The predicted octanol–water partition coefficient (Wildman–Crippen LogP) is 2.74. The molecule has 0 saturated carbocycles. The van der Waals surface area contributed by atoms with Gasteiger partial charge in [0.2, 0.25) is 0 Å². The second-order valence-corrected chi connectivity index (χ2v) is 4.81. The van der Waals surface area contributed by atoms with E-state index >= 15 is 0 Å². The van der Waals surface area contributed by atoms with E-state index in [9.17, 15) is 4.79 Å². The Morgan fingerprint density at radius 3 is 2.53 bits per heavy atom. The number of carbonyl (C=O) groups excluding carboxylic acids is 1. The minimum atomic E-state index is -0.0111. The number of aryl methyl sites for hydroxylation is 1. The van der Waals surface area contributed by atoms with Crippen molar-refractivity contribution in [2.24, 2.45) is 5.92 Å². The molecule has 0 aliphatic carbocycles. The van der Waals surface area contributed by atoms with Crippen LogP contribution in [0, 0.1) is 12.8 Å². The van der Waals surface area contributed by atoms with E-state index in [2.05, 4.69) is 26.1 Å². The summed E-state index contributed by atoms with van der Waals surface area (Å²) >= 11 is 0. The van der Waals surface area contributed by atoms with E-state index in [1.54, 1.807) is 12.1 Å². The highest BCUT2D eigenvalue weighted by Crippen LogP contribution is 2.14. The van der Waals surface area contributed by atoms with Crippen LogP contribution in [0.3, 0.4) is 0 Å². The maximum atomic E-state index is 12.1. The van der Waals surface area contributed by atoms with Gasteiger partial charge in [0.25, 0.3) is 5.91 Å². The molecule has 94 valence electrons. The van der Waals surface area contributed by atoms with Crippen LogP contribution in [-0.4, -0.2) is 11.9 Å². The fraction of sp³-hybridized carbons (Fsp3) is 0.500. The minimum absolute atomic E-state index is 0.0111. The van der Waals surface area contributed by atoms with Gasteiger partial charge in [-0.3, -0.25) is 4.79 Å². The van der Waals surface area contributed by atoms with Gasteiger partial charge < -0.3 is 11.1 Å². The molecule has 0 radical (unpaired) electrons. The van der Waals surface area contributed by atoms with Crippen LogP contribution < -0.4 is 11.1 Å². The van der Waals surface area contributed by atoms with Gasteiger partial charge in [-0.25, -0.2) is 0 Å². The highest BCUT2D eigenvalue weighted by atomic mass is 16.1. The summed E-state index contributed by atoms with van der Waals surface area (Å²) in [7, 11) is 0. The first-order chi connectivity index (χ1) is 7.95. The number of hydrogen-bond acceptors (Lipinski definition) is 2. The lowest BCUT2D eigenvalue weighted by Crippen LogP contribution is -2.38. The average Bonchev–Trinajstić information content (AvgIpc) is 2.24. The van der Waals surface area contributed by atoms with Crippen LogP contribution >= 0.6 is 0 Å². The summed E-state index contributed by atoms with van der Waals surface area (Å²) < 4.78 is 0. The molecular weight excluding hydrogens is 212 g/mol. The van der Waals surface area contributed by atoms with Gasteiger partial charge in [-0.05, 0) is 43.0 Å². The van der Waals surface area contributed by atoms with Crippen LogP contribution in [0.4, 0.5) is 5.69 Å². The molecule has 1 rings (SSSR count). The lowest BCUT2D eigenvalue weighted by molar-refractivity contribution is 0.0924. The summed E-state index contributed by atoms with van der Waals surface area (Å²) in [6.07, 6.45) is 0.942. The molecular formula is C14H22N2O. The molecule has 1 atom stereocenters. The Morgan fingerprint density at radius 1 is 1.41 bits per heavy atom. The van der Waals surface area contributed by atoms with E-state index in [1.165, 1.54) is 0 Å². The Kier molecular flexibility index (Phi) is 4.55. The molecule has 1 aromatic rings. The molecule has 3 N–H and O–H groups in total. The van der Waals surface area contributed by atoms with E-state index in [-0.39, 0.29) is 11.9 Å². The number of hydrogen-bond donors (Lipinski definition) is 2. The smallest absolute Gasteiger partial charge is 0.251 e. The number of rotatable bonds is 4. The lowest BCUT2D eigenvalue weighted by Gasteiger charge is -2.21. The highest BCUT2D eigenvalue weighted by molar-refractivity contribution is 5.96. The zero-order valence-electron chi connectivity index (χ0n) is 11.1. The molecule has 0 spiro atoms. The normalized spacial score (nSPS) is 12.5. The summed E-state index contributed by atoms with van der Waals surface area (Å²) in [6, 6.07) is 5.59. The summed E-state index contributed by atoms with van der Waals surface area (Å²) in [5, 5.41) is 3.06. The minimum Gasteiger partial charge on any atom is -0.399 e. The standard InChI is InChI=1S/C14H22N2O/c1-5-13(9(2)3)16-14(17)12-7-6-11(15)8-10(12)4/h6-9,13H,5,15H2,1-4H3,(H,16,17). The van der Waals surface area contributed by atoms with Crippen molar-refractivity contribution >= 4 is 11.6 Å². The third kappa shape index (κ3) is 3.48. The number of nitrogen functional groups attached to an aromatic ring is 1. The summed E-state index contributed by atoms with van der Waals surface area (Å²) in [4.78, 5) is 12.1. The van der Waals surface area contributed by atoms with Gasteiger partial charge in [-0.1, -0.05) is 20.8 Å². The Hall–Kier alpha value is -1.51. The highest BCUT2D eigenvalue weighted by Gasteiger charge is 2.16. The number of carbonyl (C=O) groups is 1. The number of nitrogens with two attached hydrogens (primary N) is 1. The SMILES string of the molecule is CCC(NC(=O)c1ccc(N)cc1C)C(C)C. The van der Waals surface area contributed by atoms with Crippen molar-refractivity contribution in [3.05, 3.63) is 29.3 Å². The summed E-state index contributed by atoms with van der Waals surface area (Å²) in [5.41, 5.74) is 7.99. The first-order valence-corrected chi connectivity index (χ1v) is 6.12. The maximum absolute atomic E-state index is 12.1. The molecule has 0 aromatic heterocycles. The Balaban J connectivity index is 2.82.